The van der Waals surface area contributed by atoms with E-state index in [1.807, 2.05) is 48.5 Å². The molecule has 0 aromatic carbocycles. The molecule has 0 N–H and O–H groups in total. The maximum Gasteiger partial charge on any atom is 0.333 e. The van der Waals surface area contributed by atoms with E-state index in [9.17, 15) is 9.36 Å². The molecule has 0 aliphatic carbocycles. The van der Waals surface area contributed by atoms with Crippen LogP contribution in [0, 0.1) is 5.41 Å². The third-order valence-electron chi connectivity index (χ3n) is 3.04. The Labute approximate surface area is 134 Å². The summed E-state index contributed by atoms with van der Waals surface area (Å²) in [6, 6.07) is 0. The number of carbonyl (C=O) groups is 1. The molecule has 2 atom stereocenters. The Hall–Kier alpha value is -0.420. The lowest BCUT2D eigenvalue weighted by Crippen LogP contribution is -2.53. The predicted molar refractivity (Wildman–Crippen MR) is 88.0 cm³/mol. The van der Waals surface area contributed by atoms with Gasteiger partial charge in [-0.3, -0.25) is 9.40 Å². The topological polar surface area (TPSA) is 65.1 Å². The summed E-state index contributed by atoms with van der Waals surface area (Å²) in [5, 5.41) is 1.63. The fourth-order valence-electron chi connectivity index (χ4n) is 2.39. The molecule has 22 heavy (non-hydrogen) atoms. The molecule has 132 valence electrons. The largest absolute Gasteiger partial charge is 0.467 e. The first-order valence-electron chi connectivity index (χ1n) is 7.48. The van der Waals surface area contributed by atoms with Gasteiger partial charge in [-0.05, 0) is 33.1 Å². The van der Waals surface area contributed by atoms with Crippen molar-refractivity contribution in [3.8, 4) is 0 Å². The minimum Gasteiger partial charge on any atom is -0.467 e. The third-order valence-corrected chi connectivity index (χ3v) is 5.68. The van der Waals surface area contributed by atoms with E-state index in [1.54, 1.807) is 11.7 Å². The van der Waals surface area contributed by atoms with E-state index < -0.39 is 24.7 Å². The van der Waals surface area contributed by atoms with Gasteiger partial charge in [-0.25, -0.2) is 4.79 Å². The summed E-state index contributed by atoms with van der Waals surface area (Å²) in [6.07, 6.45) is 0. The summed E-state index contributed by atoms with van der Waals surface area (Å²) >= 11 is 0. The van der Waals surface area contributed by atoms with Gasteiger partial charge in [0.25, 0.3) is 0 Å². The Morgan fingerprint density at radius 2 is 1.68 bits per heavy atom. The van der Waals surface area contributed by atoms with Gasteiger partial charge >= 0.3 is 5.97 Å². The summed E-state index contributed by atoms with van der Waals surface area (Å²) in [5.74, 6) is -0.978. The molecule has 0 radical (unpaired) electrons. The van der Waals surface area contributed by atoms with E-state index in [4.69, 9.17) is 9.36 Å². The Morgan fingerprint density at radius 1 is 1.18 bits per heavy atom. The number of rotatable bonds is 7. The number of hydrogen-bond donors (Lipinski definition) is 0. The molecule has 0 spiro atoms. The Kier molecular flexibility index (Phi) is 7.76. The van der Waals surface area contributed by atoms with Crippen molar-refractivity contribution < 1.29 is 23.5 Å². The fourth-order valence-corrected chi connectivity index (χ4v) is 5.24. The fraction of sp³-hybridized carbons (Fsp3) is 0.933. The highest BCUT2D eigenvalue weighted by molar-refractivity contribution is 7.58. The van der Waals surface area contributed by atoms with Crippen LogP contribution in [0.2, 0.25) is 0 Å². The van der Waals surface area contributed by atoms with Crippen molar-refractivity contribution in [2.75, 3.05) is 27.0 Å². The van der Waals surface area contributed by atoms with Crippen LogP contribution in [0.5, 0.6) is 0 Å². The number of nitrogens with zero attached hydrogens (tertiary/aromatic N) is 1. The molecule has 0 aliphatic heterocycles. The normalized spacial score (nSPS) is 17.2. The van der Waals surface area contributed by atoms with Gasteiger partial charge in [0.1, 0.15) is 5.78 Å². The summed E-state index contributed by atoms with van der Waals surface area (Å²) in [6.45, 7) is 15.3. The molecule has 0 saturated heterocycles. The minimum atomic E-state index is -3.00. The van der Waals surface area contributed by atoms with Gasteiger partial charge in [0, 0.05) is 12.2 Å². The molecule has 0 bridgehead atoms. The van der Waals surface area contributed by atoms with Crippen molar-refractivity contribution in [3.05, 3.63) is 0 Å². The average Bonchev–Trinajstić information content (AvgIpc) is 2.30. The van der Waals surface area contributed by atoms with E-state index >= 15 is 0 Å². The van der Waals surface area contributed by atoms with Crippen LogP contribution in [0.15, 0.2) is 0 Å². The van der Waals surface area contributed by atoms with Gasteiger partial charge in [0.15, 0.2) is 6.61 Å². The maximum absolute atomic E-state index is 13.1. The Morgan fingerprint density at radius 3 is 2.00 bits per heavy atom. The molecule has 2 unspecified atom stereocenters. The van der Waals surface area contributed by atoms with E-state index in [-0.39, 0.29) is 12.0 Å². The lowest BCUT2D eigenvalue weighted by molar-refractivity contribution is -0.238. The first-order chi connectivity index (χ1) is 9.77. The number of hydrogen-bond acceptors (Lipinski definition) is 6. The molecule has 0 heterocycles. The molecule has 0 fully saturated rings. The number of carbonyl (C=O) groups excluding carboxylic acids is 1. The van der Waals surface area contributed by atoms with Crippen molar-refractivity contribution in [1.82, 2.24) is 5.06 Å². The highest BCUT2D eigenvalue weighted by Gasteiger charge is 2.47. The highest BCUT2D eigenvalue weighted by Crippen LogP contribution is 2.57. The molecule has 7 heteroatoms. The summed E-state index contributed by atoms with van der Waals surface area (Å²) < 4.78 is 23.3. The zero-order chi connectivity index (χ0) is 17.8. The van der Waals surface area contributed by atoms with Crippen LogP contribution >= 0.6 is 7.37 Å². The molecular weight excluding hydrogens is 305 g/mol. The van der Waals surface area contributed by atoms with Crippen LogP contribution < -0.4 is 0 Å². The molecule has 0 rings (SSSR count). The second-order valence-corrected chi connectivity index (χ2v) is 9.98. The van der Waals surface area contributed by atoms with Crippen molar-refractivity contribution in [2.24, 2.45) is 5.41 Å². The van der Waals surface area contributed by atoms with E-state index in [0.29, 0.717) is 6.61 Å². The van der Waals surface area contributed by atoms with Crippen molar-refractivity contribution in [3.63, 3.8) is 0 Å². The second-order valence-electron chi connectivity index (χ2n) is 7.41. The zero-order valence-electron chi connectivity index (χ0n) is 15.4. The number of methoxy groups -OCH3 is 1. The summed E-state index contributed by atoms with van der Waals surface area (Å²) in [7, 11) is -1.69. The van der Waals surface area contributed by atoms with Gasteiger partial charge < -0.3 is 9.26 Å². The monoisotopic (exact) mass is 337 g/mol. The number of ether oxygens (including phenoxy) is 1. The lowest BCUT2D eigenvalue weighted by Gasteiger charge is -2.47. The highest BCUT2D eigenvalue weighted by atomic mass is 31.2. The van der Waals surface area contributed by atoms with Crippen LogP contribution in [0.3, 0.4) is 0 Å². The smallest absolute Gasteiger partial charge is 0.333 e. The quantitative estimate of drug-likeness (QED) is 0.402. The van der Waals surface area contributed by atoms with E-state index in [1.165, 1.54) is 7.11 Å². The van der Waals surface area contributed by atoms with Gasteiger partial charge in [-0.1, -0.05) is 20.8 Å². The SMILES string of the molecule is CCOP(C)(=O)C(N(OCC(=O)OC)C(C)(C)C)C(C)(C)C. The van der Waals surface area contributed by atoms with Crippen LogP contribution in [0.4, 0.5) is 0 Å². The van der Waals surface area contributed by atoms with Crippen molar-refractivity contribution >= 4 is 13.3 Å². The lowest BCUT2D eigenvalue weighted by atomic mass is 9.94. The predicted octanol–water partition coefficient (Wildman–Crippen LogP) is 3.51. The van der Waals surface area contributed by atoms with Gasteiger partial charge in [-0.15, -0.1) is 0 Å². The van der Waals surface area contributed by atoms with Crippen molar-refractivity contribution in [2.45, 2.75) is 59.8 Å². The standard InChI is InChI=1S/C15H32NO5P/c1-10-21-22(9,18)13(14(2,3)4)16(15(5,6)7)20-11-12(17)19-8/h13H,10-11H2,1-9H3. The van der Waals surface area contributed by atoms with Crippen LogP contribution in [0.25, 0.3) is 0 Å². The van der Waals surface area contributed by atoms with Crippen LogP contribution in [-0.2, 0) is 23.5 Å². The molecule has 0 amide bonds. The molecule has 0 aliphatic rings. The van der Waals surface area contributed by atoms with E-state index in [0.717, 1.165) is 0 Å². The number of esters is 1. The number of hydroxylamine groups is 2. The Bertz CT molecular complexity index is 411. The molecule has 0 aromatic rings. The first kappa shape index (κ1) is 21.6. The van der Waals surface area contributed by atoms with E-state index in [2.05, 4.69) is 4.74 Å². The third kappa shape index (κ3) is 6.37. The molecular formula is C15H32NO5P. The zero-order valence-corrected chi connectivity index (χ0v) is 16.3. The molecule has 0 saturated carbocycles. The van der Waals surface area contributed by atoms with Gasteiger partial charge in [-0.2, -0.15) is 5.06 Å². The van der Waals surface area contributed by atoms with Crippen LogP contribution in [0.1, 0.15) is 48.5 Å². The van der Waals surface area contributed by atoms with Crippen LogP contribution in [-0.4, -0.2) is 49.3 Å². The van der Waals surface area contributed by atoms with Gasteiger partial charge in [0.2, 0.25) is 7.37 Å². The van der Waals surface area contributed by atoms with Crippen molar-refractivity contribution in [1.29, 1.82) is 0 Å². The molecule has 6 nitrogen and oxygen atoms in total. The maximum atomic E-state index is 13.1. The molecule has 0 aromatic heterocycles. The summed E-state index contributed by atoms with van der Waals surface area (Å²) in [4.78, 5) is 17.1. The first-order valence-corrected chi connectivity index (χ1v) is 9.62. The van der Waals surface area contributed by atoms with Gasteiger partial charge in [0.05, 0.1) is 13.7 Å². The average molecular weight is 337 g/mol. The minimum absolute atomic E-state index is 0.230. The second kappa shape index (κ2) is 7.91. The summed E-state index contributed by atoms with van der Waals surface area (Å²) in [5.41, 5.74) is -0.836. The Balaban J connectivity index is 5.67.